The van der Waals surface area contributed by atoms with Crippen LogP contribution in [0, 0.1) is 0 Å². The number of carbonyl (C=O) groups excluding carboxylic acids is 2. The number of anilines is 1. The fourth-order valence-corrected chi connectivity index (χ4v) is 2.40. The molecule has 0 aromatic heterocycles. The fourth-order valence-electron chi connectivity index (χ4n) is 1.98. The van der Waals surface area contributed by atoms with Gasteiger partial charge in [-0.3, -0.25) is 4.79 Å². The van der Waals surface area contributed by atoms with Crippen LogP contribution < -0.4 is 5.32 Å². The van der Waals surface area contributed by atoms with Gasteiger partial charge in [0.2, 0.25) is 0 Å². The summed E-state index contributed by atoms with van der Waals surface area (Å²) in [5.74, 6) is -0.935. The Morgan fingerprint density at radius 3 is 2.58 bits per heavy atom. The van der Waals surface area contributed by atoms with E-state index in [-0.39, 0.29) is 12.5 Å². The molecule has 2 aromatic carbocycles. The number of amides is 1. The lowest BCUT2D eigenvalue weighted by molar-refractivity contribution is -0.142. The minimum atomic E-state index is -0.563. The number of hydrogen-bond acceptors (Lipinski definition) is 3. The van der Waals surface area contributed by atoms with Gasteiger partial charge in [-0.25, -0.2) is 4.79 Å². The van der Waals surface area contributed by atoms with E-state index in [4.69, 9.17) is 4.74 Å². The van der Waals surface area contributed by atoms with Crippen LogP contribution >= 0.6 is 15.9 Å². The normalized spacial score (nSPS) is 10.6. The van der Waals surface area contributed by atoms with Crippen molar-refractivity contribution >= 4 is 39.6 Å². The lowest BCUT2D eigenvalue weighted by atomic mass is 10.1. The second kappa shape index (κ2) is 9.03. The van der Waals surface area contributed by atoms with Crippen LogP contribution in [0.5, 0.6) is 0 Å². The van der Waals surface area contributed by atoms with Gasteiger partial charge < -0.3 is 10.1 Å². The molecule has 0 spiro atoms. The Morgan fingerprint density at radius 2 is 1.92 bits per heavy atom. The lowest BCUT2D eigenvalue weighted by Gasteiger charge is -2.06. The Hall–Kier alpha value is -2.40. The van der Waals surface area contributed by atoms with Crippen LogP contribution in [-0.4, -0.2) is 18.5 Å². The molecule has 0 atom stereocenters. The summed E-state index contributed by atoms with van der Waals surface area (Å²) in [6.07, 6.45) is 3.87. The largest absolute Gasteiger partial charge is 0.452 e. The van der Waals surface area contributed by atoms with Crippen molar-refractivity contribution in [1.82, 2.24) is 0 Å². The molecule has 1 amide bonds. The van der Waals surface area contributed by atoms with Crippen molar-refractivity contribution in [2.75, 3.05) is 11.9 Å². The zero-order valence-corrected chi connectivity index (χ0v) is 14.9. The molecular weight excluding hydrogens is 370 g/mol. The molecule has 0 unspecified atom stereocenters. The average Bonchev–Trinajstić information content (AvgIpc) is 2.59. The minimum absolute atomic E-state index is 0.322. The fraction of sp³-hybridized carbons (Fsp3) is 0.158. The molecule has 4 nitrogen and oxygen atoms in total. The number of nitrogens with one attached hydrogen (secondary N) is 1. The van der Waals surface area contributed by atoms with Gasteiger partial charge in [0.25, 0.3) is 5.91 Å². The number of halogens is 1. The van der Waals surface area contributed by atoms with E-state index in [1.165, 1.54) is 11.6 Å². The van der Waals surface area contributed by atoms with E-state index in [0.717, 1.165) is 16.5 Å². The SMILES string of the molecule is CCc1ccc(NC(=O)COC(=O)/C=C/c2cccc(Br)c2)cc1. The van der Waals surface area contributed by atoms with E-state index in [2.05, 4.69) is 28.2 Å². The third-order valence-corrected chi connectivity index (χ3v) is 3.75. The van der Waals surface area contributed by atoms with Crippen LogP contribution in [-0.2, 0) is 20.7 Å². The van der Waals surface area contributed by atoms with E-state index in [0.29, 0.717) is 5.69 Å². The first-order valence-corrected chi connectivity index (χ1v) is 8.35. The maximum absolute atomic E-state index is 11.8. The van der Waals surface area contributed by atoms with Gasteiger partial charge in [-0.1, -0.05) is 47.1 Å². The minimum Gasteiger partial charge on any atom is -0.452 e. The van der Waals surface area contributed by atoms with E-state index < -0.39 is 5.97 Å². The monoisotopic (exact) mass is 387 g/mol. The highest BCUT2D eigenvalue weighted by Gasteiger charge is 2.05. The Labute approximate surface area is 149 Å². The van der Waals surface area contributed by atoms with E-state index >= 15 is 0 Å². The Morgan fingerprint density at radius 1 is 1.17 bits per heavy atom. The summed E-state index contributed by atoms with van der Waals surface area (Å²) in [7, 11) is 0. The summed E-state index contributed by atoms with van der Waals surface area (Å²) < 4.78 is 5.85. The van der Waals surface area contributed by atoms with Crippen LogP contribution in [0.3, 0.4) is 0 Å². The molecule has 0 radical (unpaired) electrons. The molecule has 2 rings (SSSR count). The van der Waals surface area contributed by atoms with Crippen molar-refractivity contribution in [3.63, 3.8) is 0 Å². The van der Waals surface area contributed by atoms with Crippen molar-refractivity contribution < 1.29 is 14.3 Å². The standard InChI is InChI=1S/C19H18BrNO3/c1-2-14-6-9-17(10-7-14)21-18(22)13-24-19(23)11-8-15-4-3-5-16(20)12-15/h3-12H,2,13H2,1H3,(H,21,22)/b11-8+. The first kappa shape index (κ1) is 17.9. The quantitative estimate of drug-likeness (QED) is 0.596. The first-order valence-electron chi connectivity index (χ1n) is 7.56. The molecule has 0 aliphatic carbocycles. The molecular formula is C19H18BrNO3. The Balaban J connectivity index is 1.79. The number of aryl methyl sites for hydroxylation is 1. The summed E-state index contributed by atoms with van der Waals surface area (Å²) in [6.45, 7) is 1.74. The summed E-state index contributed by atoms with van der Waals surface area (Å²) in [6, 6.07) is 15.0. The molecule has 0 bridgehead atoms. The smallest absolute Gasteiger partial charge is 0.331 e. The molecule has 0 aliphatic heterocycles. The van der Waals surface area contributed by atoms with E-state index in [1.54, 1.807) is 6.08 Å². The van der Waals surface area contributed by atoms with Gasteiger partial charge in [-0.05, 0) is 47.9 Å². The molecule has 0 aliphatic rings. The highest BCUT2D eigenvalue weighted by atomic mass is 79.9. The van der Waals surface area contributed by atoms with Crippen LogP contribution in [0.4, 0.5) is 5.69 Å². The van der Waals surface area contributed by atoms with Crippen molar-refractivity contribution in [3.8, 4) is 0 Å². The Bertz CT molecular complexity index is 739. The summed E-state index contributed by atoms with van der Waals surface area (Å²) in [5.41, 5.74) is 2.73. The van der Waals surface area contributed by atoms with Gasteiger partial charge in [0.1, 0.15) is 0 Å². The zero-order valence-electron chi connectivity index (χ0n) is 13.3. The van der Waals surface area contributed by atoms with Crippen molar-refractivity contribution in [2.24, 2.45) is 0 Å². The zero-order chi connectivity index (χ0) is 17.4. The number of carbonyl (C=O) groups is 2. The van der Waals surface area contributed by atoms with Gasteiger partial charge in [-0.15, -0.1) is 0 Å². The van der Waals surface area contributed by atoms with Crippen molar-refractivity contribution in [1.29, 1.82) is 0 Å². The van der Waals surface area contributed by atoms with Gasteiger partial charge >= 0.3 is 5.97 Å². The third kappa shape index (κ3) is 6.01. The molecule has 2 aromatic rings. The maximum Gasteiger partial charge on any atom is 0.331 e. The van der Waals surface area contributed by atoms with Gasteiger partial charge in [0.05, 0.1) is 0 Å². The third-order valence-electron chi connectivity index (χ3n) is 3.25. The van der Waals surface area contributed by atoms with Crippen LogP contribution in [0.15, 0.2) is 59.1 Å². The molecule has 124 valence electrons. The van der Waals surface area contributed by atoms with Crippen molar-refractivity contribution in [3.05, 3.63) is 70.2 Å². The second-order valence-electron chi connectivity index (χ2n) is 5.09. The van der Waals surface area contributed by atoms with Crippen molar-refractivity contribution in [2.45, 2.75) is 13.3 Å². The van der Waals surface area contributed by atoms with E-state index in [1.807, 2.05) is 48.5 Å². The predicted molar refractivity (Wildman–Crippen MR) is 98.6 cm³/mol. The topological polar surface area (TPSA) is 55.4 Å². The van der Waals surface area contributed by atoms with Crippen LogP contribution in [0.25, 0.3) is 6.08 Å². The second-order valence-corrected chi connectivity index (χ2v) is 6.01. The van der Waals surface area contributed by atoms with Crippen LogP contribution in [0.1, 0.15) is 18.1 Å². The molecule has 0 fully saturated rings. The molecule has 0 saturated carbocycles. The number of benzene rings is 2. The molecule has 24 heavy (non-hydrogen) atoms. The molecule has 5 heteroatoms. The summed E-state index contributed by atoms with van der Waals surface area (Å²) >= 11 is 3.36. The summed E-state index contributed by atoms with van der Waals surface area (Å²) in [5, 5.41) is 2.68. The predicted octanol–water partition coefficient (Wildman–Crippen LogP) is 4.21. The molecule has 0 heterocycles. The average molecular weight is 388 g/mol. The van der Waals surface area contributed by atoms with Gasteiger partial charge in [-0.2, -0.15) is 0 Å². The first-order chi connectivity index (χ1) is 11.6. The highest BCUT2D eigenvalue weighted by Crippen LogP contribution is 2.13. The van der Waals surface area contributed by atoms with Gasteiger partial charge in [0, 0.05) is 16.2 Å². The highest BCUT2D eigenvalue weighted by molar-refractivity contribution is 9.10. The number of rotatable bonds is 6. The maximum atomic E-state index is 11.8. The van der Waals surface area contributed by atoms with E-state index in [9.17, 15) is 9.59 Å². The lowest BCUT2D eigenvalue weighted by Crippen LogP contribution is -2.20. The van der Waals surface area contributed by atoms with Crippen LogP contribution in [0.2, 0.25) is 0 Å². The Kier molecular flexibility index (Phi) is 6.75. The summed E-state index contributed by atoms with van der Waals surface area (Å²) in [4.78, 5) is 23.4. The number of ether oxygens (including phenoxy) is 1. The molecule has 1 N–H and O–H groups in total. The molecule has 0 saturated heterocycles. The number of hydrogen-bond donors (Lipinski definition) is 1. The number of esters is 1. The van der Waals surface area contributed by atoms with Gasteiger partial charge in [0.15, 0.2) is 6.61 Å².